The Kier molecular flexibility index (Phi) is 8.22. The topological polar surface area (TPSA) is 113 Å². The summed E-state index contributed by atoms with van der Waals surface area (Å²) in [6.45, 7) is 7.56. The number of rotatable bonds is 7. The fraction of sp³-hybridized carbons (Fsp3) is 0.292. The zero-order valence-corrected chi connectivity index (χ0v) is 21.1. The van der Waals surface area contributed by atoms with Crippen LogP contribution >= 0.6 is 11.6 Å². The molecule has 3 aromatic rings. The molecule has 0 aliphatic rings. The Morgan fingerprint density at radius 3 is 2.43 bits per heavy atom. The largest absolute Gasteiger partial charge is 0.435 e. The summed E-state index contributed by atoms with van der Waals surface area (Å²) in [4.78, 5) is 31.8. The monoisotopic (exact) mass is 536 g/mol. The fourth-order valence-corrected chi connectivity index (χ4v) is 3.95. The maximum absolute atomic E-state index is 13.5. The molecule has 0 atom stereocenters. The smallest absolute Gasteiger partial charge is 0.410 e. The number of nitrogens with zero attached hydrogens (tertiary/aromatic N) is 5. The van der Waals surface area contributed by atoms with Crippen molar-refractivity contribution in [2.75, 3.05) is 18.4 Å². The lowest BCUT2D eigenvalue weighted by Crippen LogP contribution is -2.37. The summed E-state index contributed by atoms with van der Waals surface area (Å²) in [5.41, 5.74) is -0.798. The summed E-state index contributed by atoms with van der Waals surface area (Å²) in [5, 5.41) is 19.0. The molecule has 0 saturated heterocycles. The van der Waals surface area contributed by atoms with Crippen LogP contribution in [0.15, 0.2) is 41.7 Å². The average molecular weight is 537 g/mol. The highest BCUT2D eigenvalue weighted by molar-refractivity contribution is 6.46. The number of amides is 2. The molecule has 3 rings (SSSR count). The van der Waals surface area contributed by atoms with Gasteiger partial charge in [-0.25, -0.2) is 9.67 Å². The molecular formula is C24H24ClF3N6O3. The third-order valence-corrected chi connectivity index (χ3v) is 5.79. The van der Waals surface area contributed by atoms with E-state index in [0.717, 1.165) is 0 Å². The van der Waals surface area contributed by atoms with E-state index in [9.17, 15) is 28.0 Å². The highest BCUT2D eigenvalue weighted by Gasteiger charge is 2.37. The minimum Gasteiger partial charge on any atom is -0.410 e. The first-order valence-corrected chi connectivity index (χ1v) is 11.5. The number of aryl methyl sites for hydroxylation is 2. The van der Waals surface area contributed by atoms with Crippen molar-refractivity contribution in [1.82, 2.24) is 19.7 Å². The van der Waals surface area contributed by atoms with Crippen molar-refractivity contribution >= 4 is 34.8 Å². The highest BCUT2D eigenvalue weighted by Crippen LogP contribution is 2.31. The number of likely N-dealkylation sites (N-methyl/N-ethyl adjacent to an activating group) is 1. The number of carbonyl (C=O) groups is 2. The first kappa shape index (κ1) is 27.7. The lowest BCUT2D eigenvalue weighted by molar-refractivity contribution is -0.141. The van der Waals surface area contributed by atoms with Crippen molar-refractivity contribution in [3.8, 4) is 5.82 Å². The number of oxime groups is 1. The molecular weight excluding hydrogens is 513 g/mol. The lowest BCUT2D eigenvalue weighted by atomic mass is 9.99. The molecule has 196 valence electrons. The Morgan fingerprint density at radius 1 is 1.19 bits per heavy atom. The summed E-state index contributed by atoms with van der Waals surface area (Å²) in [6.07, 6.45) is -3.55. The van der Waals surface area contributed by atoms with Crippen LogP contribution in [-0.2, 0) is 11.0 Å². The summed E-state index contributed by atoms with van der Waals surface area (Å²) >= 11 is 6.12. The molecule has 9 nitrogen and oxygen atoms in total. The number of hydrogen-bond acceptors (Lipinski definition) is 6. The van der Waals surface area contributed by atoms with Gasteiger partial charge in [0.25, 0.3) is 11.8 Å². The number of aromatic nitrogens is 3. The van der Waals surface area contributed by atoms with Crippen LogP contribution in [0.1, 0.15) is 46.7 Å². The minimum absolute atomic E-state index is 0.0277. The summed E-state index contributed by atoms with van der Waals surface area (Å²) in [5.74, 6) is -1.75. The van der Waals surface area contributed by atoms with Crippen LogP contribution in [0, 0.1) is 13.8 Å². The van der Waals surface area contributed by atoms with Crippen LogP contribution in [0.4, 0.5) is 18.9 Å². The van der Waals surface area contributed by atoms with E-state index in [0.29, 0.717) is 35.0 Å². The minimum atomic E-state index is -4.85. The third-order valence-electron chi connectivity index (χ3n) is 5.50. The maximum Gasteiger partial charge on any atom is 0.435 e. The molecule has 2 aromatic heterocycles. The lowest BCUT2D eigenvalue weighted by Gasteiger charge is -2.21. The third kappa shape index (κ3) is 5.74. The highest BCUT2D eigenvalue weighted by atomic mass is 35.5. The number of pyridine rings is 1. The number of carbonyl (C=O) groups excluding carboxylic acids is 2. The first-order chi connectivity index (χ1) is 17.4. The quantitative estimate of drug-likeness (QED) is 0.254. The van der Waals surface area contributed by atoms with Gasteiger partial charge in [0.1, 0.15) is 5.69 Å². The zero-order chi connectivity index (χ0) is 27.5. The van der Waals surface area contributed by atoms with Crippen LogP contribution in [0.5, 0.6) is 0 Å². The molecule has 0 spiro atoms. The van der Waals surface area contributed by atoms with Gasteiger partial charge in [-0.3, -0.25) is 9.59 Å². The number of halogens is 4. The second-order valence-electron chi connectivity index (χ2n) is 8.02. The van der Waals surface area contributed by atoms with Crippen LogP contribution in [-0.4, -0.2) is 55.5 Å². The van der Waals surface area contributed by atoms with E-state index in [-0.39, 0.29) is 27.8 Å². The Bertz CT molecular complexity index is 1370. The van der Waals surface area contributed by atoms with Gasteiger partial charge >= 0.3 is 6.18 Å². The molecule has 0 bridgehead atoms. The van der Waals surface area contributed by atoms with Gasteiger partial charge in [-0.1, -0.05) is 28.4 Å². The van der Waals surface area contributed by atoms with Crippen LogP contribution < -0.4 is 5.32 Å². The van der Waals surface area contributed by atoms with Crippen molar-refractivity contribution in [3.05, 3.63) is 69.6 Å². The molecule has 0 aliphatic carbocycles. The molecule has 0 fully saturated rings. The van der Waals surface area contributed by atoms with E-state index < -0.39 is 29.4 Å². The normalized spacial score (nSPS) is 11.9. The summed E-state index contributed by atoms with van der Waals surface area (Å²) < 4.78 is 41.2. The number of anilines is 1. The Hall–Kier alpha value is -3.93. The molecule has 2 N–H and O–H groups in total. The van der Waals surface area contributed by atoms with E-state index in [2.05, 4.69) is 20.6 Å². The van der Waals surface area contributed by atoms with Gasteiger partial charge in [-0.15, -0.1) is 0 Å². The van der Waals surface area contributed by atoms with E-state index in [1.165, 1.54) is 29.3 Å². The van der Waals surface area contributed by atoms with Gasteiger partial charge in [0.15, 0.2) is 17.2 Å². The number of alkyl halides is 3. The van der Waals surface area contributed by atoms with E-state index in [4.69, 9.17) is 11.6 Å². The van der Waals surface area contributed by atoms with Crippen molar-refractivity contribution in [1.29, 1.82) is 0 Å². The Balaban J connectivity index is 2.14. The predicted molar refractivity (Wildman–Crippen MR) is 131 cm³/mol. The Morgan fingerprint density at radius 2 is 1.86 bits per heavy atom. The number of hydrogen-bond donors (Lipinski definition) is 2. The standard InChI is InChI=1S/C24H24ClF3N6O3/c1-5-33(6-2)23(36)20(32-37)15-11-13(3)10-14(4)19(15)30-22(35)17-12-18(24(26,27)28)31-34(17)21-16(25)8-7-9-29-21/h7-12,37H,5-6H2,1-4H3,(H,30,35)/b32-20+. The molecule has 0 saturated carbocycles. The van der Waals surface area contributed by atoms with Gasteiger partial charge in [-0.2, -0.15) is 18.3 Å². The second-order valence-corrected chi connectivity index (χ2v) is 8.42. The van der Waals surface area contributed by atoms with E-state index >= 15 is 0 Å². The van der Waals surface area contributed by atoms with Crippen LogP contribution in [0.2, 0.25) is 5.02 Å². The molecule has 0 unspecified atom stereocenters. The summed E-state index contributed by atoms with van der Waals surface area (Å²) in [7, 11) is 0. The summed E-state index contributed by atoms with van der Waals surface area (Å²) in [6, 6.07) is 6.68. The molecule has 2 heterocycles. The zero-order valence-electron chi connectivity index (χ0n) is 20.4. The van der Waals surface area contributed by atoms with Gasteiger partial charge in [0.05, 0.1) is 10.7 Å². The fourth-order valence-electron chi connectivity index (χ4n) is 3.75. The molecule has 1 aromatic carbocycles. The SMILES string of the molecule is CCN(CC)C(=O)/C(=N/O)c1cc(C)cc(C)c1NC(=O)c1cc(C(F)(F)F)nn1-c1ncccc1Cl. The van der Waals surface area contributed by atoms with Gasteiger partial charge in [0.2, 0.25) is 0 Å². The molecule has 2 amide bonds. The molecule has 37 heavy (non-hydrogen) atoms. The van der Waals surface area contributed by atoms with Gasteiger partial charge < -0.3 is 15.4 Å². The van der Waals surface area contributed by atoms with Crippen molar-refractivity contribution in [2.45, 2.75) is 33.9 Å². The number of benzene rings is 1. The van der Waals surface area contributed by atoms with Crippen molar-refractivity contribution in [2.24, 2.45) is 5.16 Å². The molecule has 13 heteroatoms. The Labute approximate surface area is 215 Å². The van der Waals surface area contributed by atoms with Gasteiger partial charge in [-0.05, 0) is 51.5 Å². The predicted octanol–water partition coefficient (Wildman–Crippen LogP) is 4.86. The average Bonchev–Trinajstić information content (AvgIpc) is 3.29. The maximum atomic E-state index is 13.5. The molecule has 0 aliphatic heterocycles. The van der Waals surface area contributed by atoms with Gasteiger partial charge in [0, 0.05) is 30.9 Å². The van der Waals surface area contributed by atoms with Crippen LogP contribution in [0.25, 0.3) is 5.82 Å². The van der Waals surface area contributed by atoms with Crippen LogP contribution in [0.3, 0.4) is 0 Å². The number of nitrogens with one attached hydrogen (secondary N) is 1. The van der Waals surface area contributed by atoms with Crippen molar-refractivity contribution in [3.63, 3.8) is 0 Å². The van der Waals surface area contributed by atoms with E-state index in [1.54, 1.807) is 33.8 Å². The first-order valence-electron chi connectivity index (χ1n) is 11.1. The van der Waals surface area contributed by atoms with E-state index in [1.807, 2.05) is 0 Å². The second kappa shape index (κ2) is 11.0. The van der Waals surface area contributed by atoms with Crippen molar-refractivity contribution < 1.29 is 28.0 Å². The molecule has 0 radical (unpaired) electrons.